The number of hydrogen-bond donors (Lipinski definition) is 0. The third-order valence-corrected chi connectivity index (χ3v) is 3.23. The molecule has 0 N–H and O–H groups in total. The van der Waals surface area contributed by atoms with Crippen molar-refractivity contribution in [3.8, 4) is 11.8 Å². The largest absolute Gasteiger partial charge is 0.490 e. The van der Waals surface area contributed by atoms with Gasteiger partial charge in [-0.3, -0.25) is 9.88 Å². The summed E-state index contributed by atoms with van der Waals surface area (Å²) in [6.45, 7) is 1.67. The lowest BCUT2D eigenvalue weighted by atomic mass is 10.0. The Kier molecular flexibility index (Phi) is 3.94. The Hall–Kier alpha value is -1.60. The molecular weight excluding hydrogens is 214 g/mol. The highest BCUT2D eigenvalue weighted by Crippen LogP contribution is 2.24. The first-order valence-electron chi connectivity index (χ1n) is 5.89. The maximum Gasteiger partial charge on any atom is 0.137 e. The van der Waals surface area contributed by atoms with Crippen molar-refractivity contribution in [2.45, 2.75) is 18.9 Å². The third kappa shape index (κ3) is 3.18. The molecule has 4 heteroatoms. The quantitative estimate of drug-likeness (QED) is 0.791. The van der Waals surface area contributed by atoms with Crippen molar-refractivity contribution in [1.82, 2.24) is 9.88 Å². The van der Waals surface area contributed by atoms with E-state index in [1.807, 2.05) is 12.1 Å². The van der Waals surface area contributed by atoms with E-state index in [1.54, 1.807) is 12.4 Å². The second-order valence-electron chi connectivity index (χ2n) is 4.56. The molecule has 2 atom stereocenters. The summed E-state index contributed by atoms with van der Waals surface area (Å²) in [6, 6.07) is 6.44. The van der Waals surface area contributed by atoms with Crippen molar-refractivity contribution in [3.63, 3.8) is 0 Å². The number of likely N-dealkylation sites (tertiary alicyclic amines) is 1. The molecule has 1 fully saturated rings. The zero-order valence-electron chi connectivity index (χ0n) is 10.0. The summed E-state index contributed by atoms with van der Waals surface area (Å²) in [5, 5.41) is 8.70. The molecule has 0 amide bonds. The molecule has 2 rings (SSSR count). The number of rotatable bonds is 4. The Morgan fingerprint density at radius 2 is 2.53 bits per heavy atom. The van der Waals surface area contributed by atoms with Gasteiger partial charge in [-0.15, -0.1) is 0 Å². The van der Waals surface area contributed by atoms with Crippen molar-refractivity contribution >= 4 is 0 Å². The van der Waals surface area contributed by atoms with Gasteiger partial charge in [0.2, 0.25) is 0 Å². The van der Waals surface area contributed by atoms with E-state index in [9.17, 15) is 0 Å². The highest BCUT2D eigenvalue weighted by Gasteiger charge is 2.29. The average molecular weight is 231 g/mol. The highest BCUT2D eigenvalue weighted by molar-refractivity contribution is 5.15. The highest BCUT2D eigenvalue weighted by atomic mass is 16.5. The van der Waals surface area contributed by atoms with Gasteiger partial charge in [0, 0.05) is 25.2 Å². The van der Waals surface area contributed by atoms with E-state index in [4.69, 9.17) is 10.00 Å². The summed E-state index contributed by atoms with van der Waals surface area (Å²) < 4.78 is 5.70. The van der Waals surface area contributed by atoms with Gasteiger partial charge in [0.1, 0.15) is 12.4 Å². The van der Waals surface area contributed by atoms with Gasteiger partial charge in [0.05, 0.1) is 12.3 Å². The molecule has 1 saturated heterocycles. The van der Waals surface area contributed by atoms with Gasteiger partial charge in [0.25, 0.3) is 0 Å². The van der Waals surface area contributed by atoms with Crippen LogP contribution in [0.4, 0.5) is 0 Å². The Balaban J connectivity index is 1.82. The van der Waals surface area contributed by atoms with Crippen molar-refractivity contribution in [2.24, 2.45) is 5.92 Å². The number of ether oxygens (including phenoxy) is 1. The normalized spacial score (nSPS) is 24.5. The van der Waals surface area contributed by atoms with Gasteiger partial charge < -0.3 is 4.74 Å². The smallest absolute Gasteiger partial charge is 0.137 e. The van der Waals surface area contributed by atoms with Crippen LogP contribution in [-0.4, -0.2) is 36.1 Å². The minimum atomic E-state index is 0.411. The second kappa shape index (κ2) is 5.65. The van der Waals surface area contributed by atoms with E-state index in [-0.39, 0.29) is 0 Å². The zero-order valence-corrected chi connectivity index (χ0v) is 10.0. The fraction of sp³-hybridized carbons (Fsp3) is 0.538. The van der Waals surface area contributed by atoms with Gasteiger partial charge >= 0.3 is 0 Å². The van der Waals surface area contributed by atoms with Gasteiger partial charge in [-0.1, -0.05) is 0 Å². The van der Waals surface area contributed by atoms with Crippen LogP contribution in [0.15, 0.2) is 24.5 Å². The van der Waals surface area contributed by atoms with Gasteiger partial charge in [-0.2, -0.15) is 5.26 Å². The Labute approximate surface area is 102 Å². The van der Waals surface area contributed by atoms with Crippen molar-refractivity contribution in [2.75, 3.05) is 20.2 Å². The molecule has 1 aromatic heterocycles. The molecule has 0 radical (unpaired) electrons. The molecule has 4 nitrogen and oxygen atoms in total. The van der Waals surface area contributed by atoms with E-state index in [0.29, 0.717) is 25.0 Å². The number of hydrogen-bond acceptors (Lipinski definition) is 4. The number of nitriles is 1. The van der Waals surface area contributed by atoms with E-state index >= 15 is 0 Å². The Morgan fingerprint density at radius 3 is 3.24 bits per heavy atom. The number of pyridine rings is 1. The van der Waals surface area contributed by atoms with Crippen LogP contribution in [0.5, 0.6) is 5.75 Å². The summed E-state index contributed by atoms with van der Waals surface area (Å²) >= 11 is 0. The standard InChI is InChI=1S/C13H17N3O/c1-16-9-11(4-5-14)7-12(16)10-17-13-3-2-6-15-8-13/h2-3,6,8,11-12H,4,7,9-10H2,1H3/t11-,12?/m1/s1. The van der Waals surface area contributed by atoms with Gasteiger partial charge in [0.15, 0.2) is 0 Å². The molecule has 0 saturated carbocycles. The molecule has 1 aromatic rings. The summed E-state index contributed by atoms with van der Waals surface area (Å²) in [6.07, 6.45) is 5.15. The molecule has 17 heavy (non-hydrogen) atoms. The second-order valence-corrected chi connectivity index (χ2v) is 4.56. The fourth-order valence-corrected chi connectivity index (χ4v) is 2.29. The van der Waals surface area contributed by atoms with Crippen LogP contribution in [0.3, 0.4) is 0 Å². The minimum Gasteiger partial charge on any atom is -0.490 e. The summed E-state index contributed by atoms with van der Waals surface area (Å²) in [5.74, 6) is 1.30. The molecule has 0 spiro atoms. The van der Waals surface area contributed by atoms with E-state index < -0.39 is 0 Å². The lowest BCUT2D eigenvalue weighted by Gasteiger charge is -2.19. The van der Waals surface area contributed by atoms with E-state index in [1.165, 1.54) is 0 Å². The SMILES string of the molecule is CN1C[C@H](CC#N)CC1COc1cccnc1. The molecule has 0 aliphatic carbocycles. The molecule has 1 aliphatic heterocycles. The fourth-order valence-electron chi connectivity index (χ4n) is 2.29. The summed E-state index contributed by atoms with van der Waals surface area (Å²) in [7, 11) is 2.09. The maximum absolute atomic E-state index is 8.70. The zero-order chi connectivity index (χ0) is 12.1. The van der Waals surface area contributed by atoms with Crippen LogP contribution in [0, 0.1) is 17.2 Å². The van der Waals surface area contributed by atoms with Crippen molar-refractivity contribution in [3.05, 3.63) is 24.5 Å². The summed E-state index contributed by atoms with van der Waals surface area (Å²) in [4.78, 5) is 6.29. The first kappa shape index (κ1) is 11.9. The molecule has 1 aliphatic rings. The molecule has 2 heterocycles. The monoisotopic (exact) mass is 231 g/mol. The molecule has 0 bridgehead atoms. The van der Waals surface area contributed by atoms with Crippen LogP contribution >= 0.6 is 0 Å². The van der Waals surface area contributed by atoms with Crippen LogP contribution in [-0.2, 0) is 0 Å². The van der Waals surface area contributed by atoms with Crippen molar-refractivity contribution < 1.29 is 4.74 Å². The minimum absolute atomic E-state index is 0.411. The van der Waals surface area contributed by atoms with Crippen molar-refractivity contribution in [1.29, 1.82) is 5.26 Å². The van der Waals surface area contributed by atoms with Crippen LogP contribution in [0.1, 0.15) is 12.8 Å². The van der Waals surface area contributed by atoms with Crippen LogP contribution < -0.4 is 4.74 Å². The number of aromatic nitrogens is 1. The maximum atomic E-state index is 8.70. The third-order valence-electron chi connectivity index (χ3n) is 3.23. The average Bonchev–Trinajstić information content (AvgIpc) is 2.69. The molecular formula is C13H17N3O. The number of likely N-dealkylation sites (N-methyl/N-ethyl adjacent to an activating group) is 1. The van der Waals surface area contributed by atoms with Crippen LogP contribution in [0.25, 0.3) is 0 Å². The lowest BCUT2D eigenvalue weighted by Crippen LogP contribution is -2.30. The van der Waals surface area contributed by atoms with Crippen LogP contribution in [0.2, 0.25) is 0 Å². The summed E-state index contributed by atoms with van der Waals surface area (Å²) in [5.41, 5.74) is 0. The van der Waals surface area contributed by atoms with Gasteiger partial charge in [-0.25, -0.2) is 0 Å². The first-order valence-corrected chi connectivity index (χ1v) is 5.89. The lowest BCUT2D eigenvalue weighted by molar-refractivity contribution is 0.198. The topological polar surface area (TPSA) is 49.2 Å². The number of nitrogens with zero attached hydrogens (tertiary/aromatic N) is 3. The van der Waals surface area contributed by atoms with E-state index in [0.717, 1.165) is 18.7 Å². The first-order chi connectivity index (χ1) is 8.29. The molecule has 90 valence electrons. The Morgan fingerprint density at radius 1 is 1.65 bits per heavy atom. The molecule has 0 aromatic carbocycles. The Bertz CT molecular complexity index is 387. The predicted molar refractivity (Wildman–Crippen MR) is 64.5 cm³/mol. The van der Waals surface area contributed by atoms with Gasteiger partial charge in [-0.05, 0) is 31.5 Å². The molecule has 1 unspecified atom stereocenters. The van der Waals surface area contributed by atoms with E-state index in [2.05, 4.69) is 23.0 Å². The predicted octanol–water partition coefficient (Wildman–Crippen LogP) is 1.69.